The van der Waals surface area contributed by atoms with Crippen LogP contribution in [0.5, 0.6) is 0 Å². The van der Waals surface area contributed by atoms with Crippen molar-refractivity contribution in [1.82, 2.24) is 0 Å². The maximum atomic E-state index is 6.43. The van der Waals surface area contributed by atoms with Crippen LogP contribution in [-0.2, 0) is 5.41 Å². The van der Waals surface area contributed by atoms with Gasteiger partial charge in [-0.1, -0.05) is 123 Å². The molecule has 52 heavy (non-hydrogen) atoms. The fraction of sp³-hybridized carbons (Fsp3) is 0.0612. The fourth-order valence-corrected chi connectivity index (χ4v) is 9.83. The Morgan fingerprint density at radius 2 is 1.21 bits per heavy atom. The number of anilines is 3. The van der Waals surface area contributed by atoms with Crippen LogP contribution < -0.4 is 4.90 Å². The molecule has 1 aliphatic rings. The van der Waals surface area contributed by atoms with Gasteiger partial charge < -0.3 is 9.32 Å². The van der Waals surface area contributed by atoms with Gasteiger partial charge in [0.25, 0.3) is 0 Å². The first-order valence-electron chi connectivity index (χ1n) is 17.9. The third-order valence-electron chi connectivity index (χ3n) is 11.3. The van der Waals surface area contributed by atoms with Gasteiger partial charge in [0.05, 0.1) is 5.69 Å². The van der Waals surface area contributed by atoms with Gasteiger partial charge in [0.1, 0.15) is 11.2 Å². The van der Waals surface area contributed by atoms with Gasteiger partial charge in [0.15, 0.2) is 0 Å². The van der Waals surface area contributed by atoms with Crippen molar-refractivity contribution in [2.45, 2.75) is 19.3 Å². The third kappa shape index (κ3) is 4.23. The molecule has 246 valence electrons. The van der Waals surface area contributed by atoms with Crippen molar-refractivity contribution >= 4 is 81.3 Å². The second kappa shape index (κ2) is 10.9. The Bertz CT molecular complexity index is 3050. The molecule has 0 fully saturated rings. The van der Waals surface area contributed by atoms with Gasteiger partial charge in [-0.3, -0.25) is 0 Å². The van der Waals surface area contributed by atoms with Crippen molar-refractivity contribution in [2.24, 2.45) is 0 Å². The Balaban J connectivity index is 1.08. The fourth-order valence-electron chi connectivity index (χ4n) is 8.69. The molecule has 0 N–H and O–H groups in total. The van der Waals surface area contributed by atoms with Crippen molar-refractivity contribution in [3.8, 4) is 22.3 Å². The molecule has 1 aliphatic carbocycles. The van der Waals surface area contributed by atoms with E-state index < -0.39 is 0 Å². The van der Waals surface area contributed by atoms with Gasteiger partial charge in [0.2, 0.25) is 0 Å². The summed E-state index contributed by atoms with van der Waals surface area (Å²) in [7, 11) is 0. The molecule has 0 radical (unpaired) electrons. The topological polar surface area (TPSA) is 16.4 Å². The molecule has 11 rings (SSSR count). The maximum Gasteiger partial charge on any atom is 0.143 e. The number of furan rings is 1. The van der Waals surface area contributed by atoms with Crippen LogP contribution in [0.4, 0.5) is 17.1 Å². The summed E-state index contributed by atoms with van der Waals surface area (Å²) in [6, 6.07) is 60.0. The predicted molar refractivity (Wildman–Crippen MR) is 222 cm³/mol. The van der Waals surface area contributed by atoms with Crippen molar-refractivity contribution in [3.05, 3.63) is 175 Å². The molecule has 0 amide bonds. The molecule has 0 bridgehead atoms. The van der Waals surface area contributed by atoms with Gasteiger partial charge in [-0.25, -0.2) is 0 Å². The lowest BCUT2D eigenvalue weighted by molar-refractivity contribution is 0.660. The van der Waals surface area contributed by atoms with Crippen LogP contribution in [0.2, 0.25) is 0 Å². The molecule has 2 aromatic heterocycles. The Kier molecular flexibility index (Phi) is 6.21. The highest BCUT2D eigenvalue weighted by atomic mass is 32.1. The largest absolute Gasteiger partial charge is 0.455 e. The number of hydrogen-bond acceptors (Lipinski definition) is 3. The quantitative estimate of drug-likeness (QED) is 0.184. The lowest BCUT2D eigenvalue weighted by Crippen LogP contribution is -2.16. The summed E-state index contributed by atoms with van der Waals surface area (Å²) in [5, 5.41) is 7.25. The smallest absolute Gasteiger partial charge is 0.143 e. The normalized spacial score (nSPS) is 13.3. The molecular weight excluding hydrogens is 651 g/mol. The average molecular weight is 684 g/mol. The molecule has 0 atom stereocenters. The van der Waals surface area contributed by atoms with Gasteiger partial charge in [-0.05, 0) is 87.8 Å². The summed E-state index contributed by atoms with van der Waals surface area (Å²) in [5.41, 5.74) is 13.0. The molecule has 8 aromatic carbocycles. The lowest BCUT2D eigenvalue weighted by Gasteiger charge is -2.29. The Labute approximate surface area is 305 Å². The molecule has 2 nitrogen and oxygen atoms in total. The summed E-state index contributed by atoms with van der Waals surface area (Å²) in [5.74, 6) is 0. The molecule has 3 heteroatoms. The molecule has 0 unspecified atom stereocenters. The number of hydrogen-bond donors (Lipinski definition) is 0. The van der Waals surface area contributed by atoms with Crippen molar-refractivity contribution in [2.75, 3.05) is 4.90 Å². The highest BCUT2D eigenvalue weighted by Crippen LogP contribution is 2.54. The molecule has 0 saturated carbocycles. The highest BCUT2D eigenvalue weighted by Gasteiger charge is 2.37. The second-order valence-electron chi connectivity index (χ2n) is 14.5. The molecular formula is C49H33NOS. The van der Waals surface area contributed by atoms with E-state index in [-0.39, 0.29) is 5.41 Å². The summed E-state index contributed by atoms with van der Waals surface area (Å²) < 4.78 is 9.04. The van der Waals surface area contributed by atoms with E-state index in [1.165, 1.54) is 64.6 Å². The van der Waals surface area contributed by atoms with E-state index in [1.54, 1.807) is 0 Å². The summed E-state index contributed by atoms with van der Waals surface area (Å²) >= 11 is 1.87. The average Bonchev–Trinajstić information content (AvgIpc) is 3.83. The second-order valence-corrected chi connectivity index (χ2v) is 15.6. The van der Waals surface area contributed by atoms with E-state index in [0.29, 0.717) is 0 Å². The summed E-state index contributed by atoms with van der Waals surface area (Å²) in [6.45, 7) is 4.71. The first-order chi connectivity index (χ1) is 25.5. The van der Waals surface area contributed by atoms with E-state index in [2.05, 4.69) is 183 Å². The van der Waals surface area contributed by atoms with Crippen LogP contribution in [0, 0.1) is 0 Å². The SMILES string of the molecule is CC1(C)c2ccccc2-c2c(N(c3ccc(-c4ccc5oc6c7ccccc7ccc6c5c4)cc3)c3ccc4c(c3)sc3ccccc34)cccc21. The zero-order chi connectivity index (χ0) is 34.6. The maximum absolute atomic E-state index is 6.43. The van der Waals surface area contributed by atoms with Crippen LogP contribution in [0.1, 0.15) is 25.0 Å². The first-order valence-corrected chi connectivity index (χ1v) is 18.7. The Morgan fingerprint density at radius 3 is 2.12 bits per heavy atom. The Morgan fingerprint density at radius 1 is 0.500 bits per heavy atom. The van der Waals surface area contributed by atoms with E-state index in [4.69, 9.17) is 4.42 Å². The van der Waals surface area contributed by atoms with E-state index >= 15 is 0 Å². The Hall–Kier alpha value is -6.16. The van der Waals surface area contributed by atoms with Gasteiger partial charge in [0, 0.05) is 58.7 Å². The van der Waals surface area contributed by atoms with Gasteiger partial charge >= 0.3 is 0 Å². The lowest BCUT2D eigenvalue weighted by atomic mass is 9.82. The number of rotatable bonds is 4. The molecule has 0 saturated heterocycles. The summed E-state index contributed by atoms with van der Waals surface area (Å²) in [4.78, 5) is 2.46. The van der Waals surface area contributed by atoms with Crippen LogP contribution in [0.15, 0.2) is 168 Å². The number of fused-ring (bicyclic) bond motifs is 11. The van der Waals surface area contributed by atoms with Gasteiger partial charge in [-0.15, -0.1) is 11.3 Å². The number of nitrogens with zero attached hydrogens (tertiary/aromatic N) is 1. The minimum absolute atomic E-state index is 0.0882. The van der Waals surface area contributed by atoms with Crippen LogP contribution in [-0.4, -0.2) is 0 Å². The van der Waals surface area contributed by atoms with Crippen molar-refractivity contribution in [3.63, 3.8) is 0 Å². The van der Waals surface area contributed by atoms with Crippen molar-refractivity contribution in [1.29, 1.82) is 0 Å². The first kappa shape index (κ1) is 29.6. The van der Waals surface area contributed by atoms with Crippen LogP contribution in [0.25, 0.3) is 75.1 Å². The van der Waals surface area contributed by atoms with Gasteiger partial charge in [-0.2, -0.15) is 0 Å². The summed E-state index contributed by atoms with van der Waals surface area (Å²) in [6.07, 6.45) is 0. The van der Waals surface area contributed by atoms with Crippen LogP contribution in [0.3, 0.4) is 0 Å². The highest BCUT2D eigenvalue weighted by molar-refractivity contribution is 7.25. The number of benzene rings is 8. The van der Waals surface area contributed by atoms with Crippen LogP contribution >= 0.6 is 11.3 Å². The standard InChI is InChI=1S/C49H33NOS/c1-49(2)41-14-7-5-13-39(41)47-42(49)15-9-16-43(47)50(34-24-26-37-36-12-6-8-17-45(36)52-46(37)29-34)33-22-18-30(19-23-33)32-21-27-44-40(28-32)38-25-20-31-10-3-4-11-35(31)48(38)51-44/h3-29H,1-2H3. The molecule has 2 heterocycles. The minimum atomic E-state index is -0.0882. The van der Waals surface area contributed by atoms with E-state index in [1.807, 2.05) is 11.3 Å². The van der Waals surface area contributed by atoms with Crippen molar-refractivity contribution < 1.29 is 4.42 Å². The van der Waals surface area contributed by atoms with E-state index in [9.17, 15) is 0 Å². The molecule has 10 aromatic rings. The monoisotopic (exact) mass is 683 g/mol. The third-order valence-corrected chi connectivity index (χ3v) is 12.4. The van der Waals surface area contributed by atoms with E-state index in [0.717, 1.165) is 38.7 Å². The molecule has 0 aliphatic heterocycles. The zero-order valence-corrected chi connectivity index (χ0v) is 29.7. The zero-order valence-electron chi connectivity index (χ0n) is 28.9. The molecule has 0 spiro atoms. The minimum Gasteiger partial charge on any atom is -0.455 e. The number of thiophene rings is 1. The predicted octanol–water partition coefficient (Wildman–Crippen LogP) is 14.6.